The molecule has 1 aliphatic heterocycles. The number of hydrogen-bond acceptors (Lipinski definition) is 7. The predicted octanol–water partition coefficient (Wildman–Crippen LogP) is 4.25. The lowest BCUT2D eigenvalue weighted by Gasteiger charge is -2.24. The predicted molar refractivity (Wildman–Crippen MR) is 122 cm³/mol. The van der Waals surface area contributed by atoms with Gasteiger partial charge in [-0.25, -0.2) is 0 Å². The molecule has 4 rings (SSSR count). The fourth-order valence-electron chi connectivity index (χ4n) is 4.16. The molecule has 0 saturated carbocycles. The number of rotatable bonds is 5. The van der Waals surface area contributed by atoms with Gasteiger partial charge >= 0.3 is 0 Å². The van der Waals surface area contributed by atoms with Gasteiger partial charge in [0.15, 0.2) is 11.5 Å². The van der Waals surface area contributed by atoms with Crippen LogP contribution in [-0.4, -0.2) is 36.1 Å². The highest BCUT2D eigenvalue weighted by Crippen LogP contribution is 2.44. The van der Waals surface area contributed by atoms with Gasteiger partial charge in [-0.3, -0.25) is 4.79 Å². The highest BCUT2D eigenvalue weighted by atomic mass is 16.5. The van der Waals surface area contributed by atoms with Gasteiger partial charge in [-0.2, -0.15) is 0 Å². The number of methoxy groups -OCH3 is 2. The number of benzene rings is 2. The van der Waals surface area contributed by atoms with Crippen molar-refractivity contribution in [2.24, 2.45) is 0 Å². The molecule has 7 heteroatoms. The minimum Gasteiger partial charge on any atom is -0.507 e. The van der Waals surface area contributed by atoms with Crippen molar-refractivity contribution < 1.29 is 28.8 Å². The van der Waals surface area contributed by atoms with E-state index in [-0.39, 0.29) is 28.6 Å². The van der Waals surface area contributed by atoms with E-state index in [0.29, 0.717) is 45.8 Å². The van der Waals surface area contributed by atoms with E-state index in [1.165, 1.54) is 14.2 Å². The molecule has 2 heterocycles. The summed E-state index contributed by atoms with van der Waals surface area (Å²) in [6.45, 7) is 7.24. The monoisotopic (exact) mass is 440 g/mol. The fourth-order valence-corrected chi connectivity index (χ4v) is 4.16. The van der Waals surface area contributed by atoms with Crippen LogP contribution in [0.2, 0.25) is 0 Å². The van der Waals surface area contributed by atoms with Gasteiger partial charge < -0.3 is 28.8 Å². The van der Waals surface area contributed by atoms with E-state index < -0.39 is 11.7 Å². The molecule has 0 amide bonds. The summed E-state index contributed by atoms with van der Waals surface area (Å²) in [5, 5.41) is 21.8. The lowest BCUT2D eigenvalue weighted by Crippen LogP contribution is -2.39. The molecule has 0 saturated heterocycles. The quantitative estimate of drug-likeness (QED) is 0.452. The van der Waals surface area contributed by atoms with Crippen LogP contribution in [-0.2, 0) is 12.8 Å². The second kappa shape index (κ2) is 7.74. The Balaban J connectivity index is 2.06. The van der Waals surface area contributed by atoms with E-state index in [2.05, 4.69) is 0 Å². The second-order valence-corrected chi connectivity index (χ2v) is 8.92. The summed E-state index contributed by atoms with van der Waals surface area (Å²) in [6, 6.07) is 3.22. The number of ether oxygens (including phenoxy) is 3. The van der Waals surface area contributed by atoms with Gasteiger partial charge in [-0.15, -0.1) is 0 Å². The Kier molecular flexibility index (Phi) is 5.33. The van der Waals surface area contributed by atoms with Crippen molar-refractivity contribution >= 4 is 21.9 Å². The van der Waals surface area contributed by atoms with Crippen LogP contribution in [0.15, 0.2) is 33.0 Å². The first kappa shape index (κ1) is 22.0. The molecule has 2 N–H and O–H groups in total. The number of phenols is 1. The molecule has 0 aliphatic carbocycles. The maximum atomic E-state index is 13.7. The second-order valence-electron chi connectivity index (χ2n) is 8.92. The molecular formula is C25H28O7. The van der Waals surface area contributed by atoms with E-state index in [4.69, 9.17) is 18.6 Å². The molecule has 0 bridgehead atoms. The van der Waals surface area contributed by atoms with Crippen LogP contribution in [0.1, 0.15) is 38.8 Å². The van der Waals surface area contributed by atoms with Gasteiger partial charge in [0, 0.05) is 29.7 Å². The van der Waals surface area contributed by atoms with Crippen LogP contribution in [0.25, 0.3) is 21.9 Å². The minimum atomic E-state index is -1.11. The topological polar surface area (TPSA) is 98.4 Å². The van der Waals surface area contributed by atoms with E-state index in [1.54, 1.807) is 26.0 Å². The SMILES string of the molecule is COc1cc2oc3cc4c(c(O)c3c(=O)c2c(CC=C(C)C)c1OC)C[C@H](C(C)(C)O)O4. The smallest absolute Gasteiger partial charge is 0.204 e. The average molecular weight is 440 g/mol. The first-order valence-electron chi connectivity index (χ1n) is 10.5. The zero-order valence-electron chi connectivity index (χ0n) is 19.2. The normalized spacial score (nSPS) is 15.5. The molecule has 1 aliphatic rings. The average Bonchev–Trinajstić information content (AvgIpc) is 3.16. The molecule has 1 atom stereocenters. The minimum absolute atomic E-state index is 0.0851. The van der Waals surface area contributed by atoms with E-state index in [0.717, 1.165) is 5.57 Å². The van der Waals surface area contributed by atoms with Gasteiger partial charge in [-0.05, 0) is 34.1 Å². The lowest BCUT2D eigenvalue weighted by atomic mass is 9.95. The summed E-state index contributed by atoms with van der Waals surface area (Å²) in [5.41, 5.74) is 1.27. The van der Waals surface area contributed by atoms with Crippen molar-refractivity contribution in [3.8, 4) is 23.0 Å². The third-order valence-electron chi connectivity index (χ3n) is 5.90. The summed E-state index contributed by atoms with van der Waals surface area (Å²) in [4.78, 5) is 13.7. The van der Waals surface area contributed by atoms with Crippen molar-refractivity contribution in [2.45, 2.75) is 52.2 Å². The Morgan fingerprint density at radius 3 is 2.47 bits per heavy atom. The summed E-state index contributed by atoms with van der Waals surface area (Å²) in [5.74, 6) is 1.12. The van der Waals surface area contributed by atoms with Gasteiger partial charge in [0.2, 0.25) is 5.43 Å². The third-order valence-corrected chi connectivity index (χ3v) is 5.90. The molecule has 0 fully saturated rings. The fraction of sp³-hybridized carbons (Fsp3) is 0.400. The molecule has 0 spiro atoms. The molecule has 3 aromatic rings. The van der Waals surface area contributed by atoms with Gasteiger partial charge in [0.25, 0.3) is 0 Å². The summed E-state index contributed by atoms with van der Waals surface area (Å²) in [7, 11) is 3.05. The van der Waals surface area contributed by atoms with Gasteiger partial charge in [0.1, 0.15) is 34.2 Å². The Morgan fingerprint density at radius 1 is 1.19 bits per heavy atom. The maximum Gasteiger partial charge on any atom is 0.204 e. The first-order valence-corrected chi connectivity index (χ1v) is 10.5. The Hall–Kier alpha value is -3.19. The molecule has 7 nitrogen and oxygen atoms in total. The Bertz CT molecular complexity index is 1300. The molecule has 0 unspecified atom stereocenters. The lowest BCUT2D eigenvalue weighted by molar-refractivity contribution is -0.0229. The van der Waals surface area contributed by atoms with Crippen LogP contribution in [0, 0.1) is 0 Å². The third kappa shape index (κ3) is 3.46. The highest BCUT2D eigenvalue weighted by Gasteiger charge is 2.37. The van der Waals surface area contributed by atoms with Crippen LogP contribution in [0.3, 0.4) is 0 Å². The summed E-state index contributed by atoms with van der Waals surface area (Å²) >= 11 is 0. The van der Waals surface area contributed by atoms with E-state index >= 15 is 0 Å². The summed E-state index contributed by atoms with van der Waals surface area (Å²) < 4.78 is 23.0. The van der Waals surface area contributed by atoms with Crippen molar-refractivity contribution in [1.29, 1.82) is 0 Å². The molecular weight excluding hydrogens is 412 g/mol. The number of aliphatic hydroxyl groups is 1. The first-order chi connectivity index (χ1) is 15.1. The number of allylic oxidation sites excluding steroid dienone is 2. The molecule has 0 radical (unpaired) electrons. The molecule has 170 valence electrons. The van der Waals surface area contributed by atoms with Crippen LogP contribution >= 0.6 is 0 Å². The van der Waals surface area contributed by atoms with Crippen molar-refractivity contribution in [3.05, 3.63) is 45.1 Å². The largest absolute Gasteiger partial charge is 0.507 e. The van der Waals surface area contributed by atoms with Crippen LogP contribution in [0.5, 0.6) is 23.0 Å². The maximum absolute atomic E-state index is 13.7. The highest BCUT2D eigenvalue weighted by molar-refractivity contribution is 5.98. The Morgan fingerprint density at radius 2 is 1.88 bits per heavy atom. The molecule has 32 heavy (non-hydrogen) atoms. The standard InChI is InChI=1S/C25H28O7/c1-12(2)7-8-13-20-16(11-18(29-5)24(13)30-6)31-17-10-15-14(22(26)21(17)23(20)27)9-19(32-15)25(3,4)28/h7,10-11,19,26,28H,8-9H2,1-6H3/t19-/m1/s1. The van der Waals surface area contributed by atoms with E-state index in [1.807, 2.05) is 19.9 Å². The zero-order valence-corrected chi connectivity index (χ0v) is 19.2. The van der Waals surface area contributed by atoms with Crippen molar-refractivity contribution in [1.82, 2.24) is 0 Å². The van der Waals surface area contributed by atoms with Gasteiger partial charge in [0.05, 0.1) is 25.2 Å². The van der Waals surface area contributed by atoms with E-state index in [9.17, 15) is 15.0 Å². The van der Waals surface area contributed by atoms with Crippen LogP contribution in [0.4, 0.5) is 0 Å². The van der Waals surface area contributed by atoms with Crippen molar-refractivity contribution in [3.63, 3.8) is 0 Å². The van der Waals surface area contributed by atoms with Gasteiger partial charge in [-0.1, -0.05) is 11.6 Å². The van der Waals surface area contributed by atoms with Crippen molar-refractivity contribution in [2.75, 3.05) is 14.2 Å². The molecule has 1 aromatic heterocycles. The zero-order chi connectivity index (χ0) is 23.4. The Labute approximate surface area is 185 Å². The number of fused-ring (bicyclic) bond motifs is 3. The summed E-state index contributed by atoms with van der Waals surface area (Å²) in [6.07, 6.45) is 2.17. The molecule has 2 aromatic carbocycles. The van der Waals surface area contributed by atoms with Crippen LogP contribution < -0.4 is 19.6 Å². The number of hydrogen-bond donors (Lipinski definition) is 2. The number of aromatic hydroxyl groups is 1. The number of phenolic OH excluding ortho intramolecular Hbond substituents is 1.